The molecule has 5 heteroatoms. The zero-order valence-corrected chi connectivity index (χ0v) is 13.4. The van der Waals surface area contributed by atoms with E-state index in [-0.39, 0.29) is 5.91 Å². The normalized spacial score (nSPS) is 11.0. The molecule has 0 spiro atoms. The van der Waals surface area contributed by atoms with Gasteiger partial charge in [-0.05, 0) is 30.5 Å². The van der Waals surface area contributed by atoms with Gasteiger partial charge in [-0.1, -0.05) is 24.3 Å². The Morgan fingerprint density at radius 2 is 2.00 bits per heavy atom. The van der Waals surface area contributed by atoms with Gasteiger partial charge in [0.05, 0.1) is 22.4 Å². The molecular weight excluding hydrogens is 306 g/mol. The van der Waals surface area contributed by atoms with Crippen molar-refractivity contribution in [3.05, 3.63) is 66.5 Å². The molecule has 23 heavy (non-hydrogen) atoms. The Labute approximate surface area is 138 Å². The maximum Gasteiger partial charge on any atom is 0.248 e. The fourth-order valence-electron chi connectivity index (χ4n) is 2.19. The van der Waals surface area contributed by atoms with E-state index in [0.29, 0.717) is 5.69 Å². The van der Waals surface area contributed by atoms with Gasteiger partial charge in [0, 0.05) is 23.2 Å². The number of aromatic nitrogens is 2. The molecule has 0 saturated heterocycles. The van der Waals surface area contributed by atoms with Gasteiger partial charge in [-0.3, -0.25) is 9.78 Å². The molecule has 0 radical (unpaired) electrons. The van der Waals surface area contributed by atoms with Crippen molar-refractivity contribution in [1.29, 1.82) is 0 Å². The van der Waals surface area contributed by atoms with E-state index in [4.69, 9.17) is 0 Å². The summed E-state index contributed by atoms with van der Waals surface area (Å²) >= 11 is 1.56. The number of carbonyl (C=O) groups is 1. The molecule has 0 fully saturated rings. The highest BCUT2D eigenvalue weighted by Crippen LogP contribution is 2.17. The van der Waals surface area contributed by atoms with Crippen LogP contribution in [-0.2, 0) is 4.79 Å². The maximum atomic E-state index is 12.0. The number of amides is 1. The Bertz CT molecular complexity index is 854. The zero-order valence-electron chi connectivity index (χ0n) is 12.6. The van der Waals surface area contributed by atoms with Crippen LogP contribution in [0, 0.1) is 0 Å². The zero-order chi connectivity index (χ0) is 16.1. The first-order chi connectivity index (χ1) is 11.3. The smallest absolute Gasteiger partial charge is 0.248 e. The van der Waals surface area contributed by atoms with Crippen LogP contribution in [0.2, 0.25) is 0 Å². The lowest BCUT2D eigenvalue weighted by Crippen LogP contribution is -2.07. The number of benzene rings is 1. The van der Waals surface area contributed by atoms with E-state index >= 15 is 0 Å². The molecule has 1 amide bonds. The molecule has 2 heterocycles. The number of pyridine rings is 2. The highest BCUT2D eigenvalue weighted by molar-refractivity contribution is 7.98. The Kier molecular flexibility index (Phi) is 4.68. The minimum Gasteiger partial charge on any atom is -0.321 e. The average Bonchev–Trinajstić information content (AvgIpc) is 2.60. The van der Waals surface area contributed by atoms with Gasteiger partial charge in [-0.25, -0.2) is 4.98 Å². The van der Waals surface area contributed by atoms with E-state index < -0.39 is 0 Å². The van der Waals surface area contributed by atoms with Gasteiger partial charge in [0.1, 0.15) is 0 Å². The number of rotatable bonds is 4. The van der Waals surface area contributed by atoms with Crippen LogP contribution in [0.4, 0.5) is 5.69 Å². The van der Waals surface area contributed by atoms with Gasteiger partial charge in [-0.2, -0.15) is 0 Å². The van der Waals surface area contributed by atoms with Gasteiger partial charge in [0.25, 0.3) is 0 Å². The molecular formula is C18H15N3OS. The predicted molar refractivity (Wildman–Crippen MR) is 95.4 cm³/mol. The summed E-state index contributed by atoms with van der Waals surface area (Å²) in [5, 5.41) is 4.76. The largest absolute Gasteiger partial charge is 0.321 e. The standard InChI is InChI=1S/C18H15N3OS/c1-23-17-10-8-15(12-20-17)21-16(22)9-7-14-5-2-4-13-6-3-11-19-18(13)14/h2-12H,1H3,(H,21,22)/b9-7+. The summed E-state index contributed by atoms with van der Waals surface area (Å²) < 4.78 is 0. The summed E-state index contributed by atoms with van der Waals surface area (Å²) in [4.78, 5) is 20.6. The number of carbonyl (C=O) groups excluding carboxylic acids is 1. The summed E-state index contributed by atoms with van der Waals surface area (Å²) in [5.41, 5.74) is 2.47. The molecule has 0 aliphatic carbocycles. The summed E-state index contributed by atoms with van der Waals surface area (Å²) in [7, 11) is 0. The highest BCUT2D eigenvalue weighted by atomic mass is 32.2. The van der Waals surface area contributed by atoms with E-state index in [0.717, 1.165) is 21.5 Å². The molecule has 0 unspecified atom stereocenters. The van der Waals surface area contributed by atoms with Gasteiger partial charge in [0.15, 0.2) is 0 Å². The first-order valence-corrected chi connectivity index (χ1v) is 8.31. The van der Waals surface area contributed by atoms with Gasteiger partial charge in [-0.15, -0.1) is 11.8 Å². The molecule has 3 aromatic rings. The predicted octanol–water partition coefficient (Wildman–Crippen LogP) is 4.00. The van der Waals surface area contributed by atoms with Crippen molar-refractivity contribution in [1.82, 2.24) is 9.97 Å². The molecule has 1 N–H and O–H groups in total. The van der Waals surface area contributed by atoms with Crippen LogP contribution >= 0.6 is 11.8 Å². The molecule has 4 nitrogen and oxygen atoms in total. The van der Waals surface area contributed by atoms with Gasteiger partial charge in [0.2, 0.25) is 5.91 Å². The summed E-state index contributed by atoms with van der Waals surface area (Å²) in [6.45, 7) is 0. The minimum absolute atomic E-state index is 0.198. The number of hydrogen-bond donors (Lipinski definition) is 1. The summed E-state index contributed by atoms with van der Waals surface area (Å²) in [6, 6.07) is 13.5. The Hall–Kier alpha value is -2.66. The fourth-order valence-corrected chi connectivity index (χ4v) is 2.55. The third-order valence-corrected chi connectivity index (χ3v) is 3.95. The van der Waals surface area contributed by atoms with Crippen LogP contribution in [0.5, 0.6) is 0 Å². The van der Waals surface area contributed by atoms with Crippen molar-refractivity contribution in [3.8, 4) is 0 Å². The molecule has 3 rings (SSSR count). The molecule has 1 aromatic carbocycles. The maximum absolute atomic E-state index is 12.0. The molecule has 0 bridgehead atoms. The Morgan fingerprint density at radius 3 is 2.78 bits per heavy atom. The SMILES string of the molecule is CSc1ccc(NC(=O)/C=C/c2cccc3cccnc23)cn1. The quantitative estimate of drug-likeness (QED) is 0.583. The number of anilines is 1. The van der Waals surface area contributed by atoms with E-state index in [1.807, 2.05) is 48.7 Å². The number of nitrogens with zero attached hydrogens (tertiary/aromatic N) is 2. The number of fused-ring (bicyclic) bond motifs is 1. The van der Waals surface area contributed by atoms with Crippen molar-refractivity contribution >= 4 is 40.3 Å². The fraction of sp³-hybridized carbons (Fsp3) is 0.0556. The lowest BCUT2D eigenvalue weighted by molar-refractivity contribution is -0.111. The van der Waals surface area contributed by atoms with E-state index in [9.17, 15) is 4.79 Å². The lowest BCUT2D eigenvalue weighted by Gasteiger charge is -2.03. The third kappa shape index (κ3) is 3.76. The second kappa shape index (κ2) is 7.07. The minimum atomic E-state index is -0.198. The number of nitrogens with one attached hydrogen (secondary N) is 1. The molecule has 0 atom stereocenters. The van der Waals surface area contributed by atoms with E-state index in [1.165, 1.54) is 6.08 Å². The van der Waals surface area contributed by atoms with Crippen molar-refractivity contribution in [3.63, 3.8) is 0 Å². The second-order valence-electron chi connectivity index (χ2n) is 4.83. The number of thioether (sulfide) groups is 1. The monoisotopic (exact) mass is 321 g/mol. The van der Waals surface area contributed by atoms with Crippen LogP contribution in [-0.4, -0.2) is 22.1 Å². The third-order valence-electron chi connectivity index (χ3n) is 3.29. The number of hydrogen-bond acceptors (Lipinski definition) is 4. The van der Waals surface area contributed by atoms with Crippen molar-refractivity contribution in [2.75, 3.05) is 11.6 Å². The van der Waals surface area contributed by atoms with Crippen LogP contribution in [0.1, 0.15) is 5.56 Å². The molecule has 0 aliphatic heterocycles. The van der Waals surface area contributed by atoms with Crippen LogP contribution in [0.15, 0.2) is 66.0 Å². The van der Waals surface area contributed by atoms with Crippen LogP contribution < -0.4 is 5.32 Å². The number of para-hydroxylation sites is 1. The topological polar surface area (TPSA) is 54.9 Å². The Morgan fingerprint density at radius 1 is 1.13 bits per heavy atom. The Balaban J connectivity index is 1.74. The van der Waals surface area contributed by atoms with Crippen molar-refractivity contribution < 1.29 is 4.79 Å². The molecule has 114 valence electrons. The summed E-state index contributed by atoms with van der Waals surface area (Å²) in [5.74, 6) is -0.198. The summed E-state index contributed by atoms with van der Waals surface area (Å²) in [6.07, 6.45) is 8.64. The first-order valence-electron chi connectivity index (χ1n) is 7.09. The van der Waals surface area contributed by atoms with Gasteiger partial charge < -0.3 is 5.32 Å². The molecule has 0 saturated carbocycles. The van der Waals surface area contributed by atoms with E-state index in [1.54, 1.807) is 30.2 Å². The highest BCUT2D eigenvalue weighted by Gasteiger charge is 2.01. The molecule has 0 aliphatic rings. The lowest BCUT2D eigenvalue weighted by atomic mass is 10.1. The van der Waals surface area contributed by atoms with Gasteiger partial charge >= 0.3 is 0 Å². The van der Waals surface area contributed by atoms with Crippen LogP contribution in [0.3, 0.4) is 0 Å². The average molecular weight is 321 g/mol. The van der Waals surface area contributed by atoms with E-state index in [2.05, 4.69) is 15.3 Å². The first kappa shape index (κ1) is 15.2. The molecule has 2 aromatic heterocycles. The second-order valence-corrected chi connectivity index (χ2v) is 5.66. The van der Waals surface area contributed by atoms with Crippen molar-refractivity contribution in [2.45, 2.75) is 5.03 Å². The van der Waals surface area contributed by atoms with Crippen LogP contribution in [0.25, 0.3) is 17.0 Å². The van der Waals surface area contributed by atoms with Crippen molar-refractivity contribution in [2.24, 2.45) is 0 Å².